The summed E-state index contributed by atoms with van der Waals surface area (Å²) in [4.78, 5) is 0. The number of aliphatic hydroxyl groups is 1. The van der Waals surface area contributed by atoms with E-state index in [0.29, 0.717) is 0 Å². The van der Waals surface area contributed by atoms with Gasteiger partial charge in [0.2, 0.25) is 0 Å². The summed E-state index contributed by atoms with van der Waals surface area (Å²) in [5, 5.41) is 10.4. The first kappa shape index (κ1) is 14.4. The summed E-state index contributed by atoms with van der Waals surface area (Å²) < 4.78 is 26.8. The third-order valence-corrected chi connectivity index (χ3v) is 4.49. The first-order chi connectivity index (χ1) is 8.90. The SMILES string of the molecule is CC1(C)CCCCC1C(O)Cc1cc(F)ccc1F. The van der Waals surface area contributed by atoms with Crippen molar-refractivity contribution >= 4 is 0 Å². The van der Waals surface area contributed by atoms with Crippen LogP contribution in [0.25, 0.3) is 0 Å². The quantitative estimate of drug-likeness (QED) is 0.875. The Balaban J connectivity index is 2.11. The molecule has 2 rings (SSSR count). The zero-order valence-electron chi connectivity index (χ0n) is 11.6. The first-order valence-electron chi connectivity index (χ1n) is 7.02. The lowest BCUT2D eigenvalue weighted by molar-refractivity contribution is 0.00536. The second-order valence-electron chi connectivity index (χ2n) is 6.35. The van der Waals surface area contributed by atoms with Gasteiger partial charge >= 0.3 is 0 Å². The van der Waals surface area contributed by atoms with Crippen LogP contribution < -0.4 is 0 Å². The molecular weight excluding hydrogens is 246 g/mol. The van der Waals surface area contributed by atoms with E-state index >= 15 is 0 Å². The molecule has 1 fully saturated rings. The van der Waals surface area contributed by atoms with Crippen molar-refractivity contribution in [2.24, 2.45) is 11.3 Å². The van der Waals surface area contributed by atoms with Gasteiger partial charge in [0, 0.05) is 6.42 Å². The van der Waals surface area contributed by atoms with Crippen LogP contribution in [0.15, 0.2) is 18.2 Å². The van der Waals surface area contributed by atoms with Gasteiger partial charge in [0.25, 0.3) is 0 Å². The fourth-order valence-electron chi connectivity index (χ4n) is 3.30. The standard InChI is InChI=1S/C16H22F2O/c1-16(2)8-4-3-5-13(16)15(19)10-11-9-12(17)6-7-14(11)18/h6-7,9,13,15,19H,3-5,8,10H2,1-2H3. The molecule has 0 amide bonds. The van der Waals surface area contributed by atoms with Crippen LogP contribution >= 0.6 is 0 Å². The minimum Gasteiger partial charge on any atom is -0.392 e. The highest BCUT2D eigenvalue weighted by molar-refractivity contribution is 5.19. The van der Waals surface area contributed by atoms with Gasteiger partial charge in [-0.05, 0) is 47.9 Å². The molecule has 106 valence electrons. The summed E-state index contributed by atoms with van der Waals surface area (Å²) in [5.41, 5.74) is 0.343. The van der Waals surface area contributed by atoms with E-state index < -0.39 is 17.7 Å². The van der Waals surface area contributed by atoms with Crippen molar-refractivity contribution in [3.8, 4) is 0 Å². The lowest BCUT2D eigenvalue weighted by Gasteiger charge is -2.41. The van der Waals surface area contributed by atoms with Crippen LogP contribution in [0.3, 0.4) is 0 Å². The topological polar surface area (TPSA) is 20.2 Å². The molecule has 1 saturated carbocycles. The molecule has 2 atom stereocenters. The summed E-state index contributed by atoms with van der Waals surface area (Å²) >= 11 is 0. The molecule has 1 nitrogen and oxygen atoms in total. The third kappa shape index (κ3) is 3.33. The Morgan fingerprint density at radius 3 is 2.74 bits per heavy atom. The Kier molecular flexibility index (Phi) is 4.24. The van der Waals surface area contributed by atoms with E-state index in [0.717, 1.165) is 31.4 Å². The van der Waals surface area contributed by atoms with Gasteiger partial charge in [-0.3, -0.25) is 0 Å². The number of halogens is 2. The number of benzene rings is 1. The molecule has 19 heavy (non-hydrogen) atoms. The number of hydrogen-bond acceptors (Lipinski definition) is 1. The molecule has 1 aliphatic carbocycles. The predicted molar refractivity (Wildman–Crippen MR) is 71.8 cm³/mol. The van der Waals surface area contributed by atoms with E-state index in [4.69, 9.17) is 0 Å². The molecular formula is C16H22F2O. The zero-order valence-corrected chi connectivity index (χ0v) is 11.6. The highest BCUT2D eigenvalue weighted by Gasteiger charge is 2.36. The van der Waals surface area contributed by atoms with Gasteiger partial charge in [0.15, 0.2) is 0 Å². The van der Waals surface area contributed by atoms with E-state index in [1.807, 2.05) is 0 Å². The van der Waals surface area contributed by atoms with Crippen LogP contribution in [0.5, 0.6) is 0 Å². The largest absolute Gasteiger partial charge is 0.392 e. The van der Waals surface area contributed by atoms with Crippen molar-refractivity contribution in [2.75, 3.05) is 0 Å². The van der Waals surface area contributed by atoms with E-state index in [2.05, 4.69) is 13.8 Å². The predicted octanol–water partition coefficient (Wildman–Crippen LogP) is 4.08. The first-order valence-corrected chi connectivity index (χ1v) is 7.02. The minimum atomic E-state index is -0.605. The molecule has 0 aromatic heterocycles. The Bertz CT molecular complexity index is 442. The summed E-state index contributed by atoms with van der Waals surface area (Å²) in [6.45, 7) is 4.31. The zero-order chi connectivity index (χ0) is 14.0. The van der Waals surface area contributed by atoms with Crippen molar-refractivity contribution in [1.82, 2.24) is 0 Å². The smallest absolute Gasteiger partial charge is 0.126 e. The van der Waals surface area contributed by atoms with E-state index in [-0.39, 0.29) is 23.3 Å². The lowest BCUT2D eigenvalue weighted by Crippen LogP contribution is -2.38. The minimum absolute atomic E-state index is 0.0709. The average Bonchev–Trinajstić information content (AvgIpc) is 2.33. The van der Waals surface area contributed by atoms with Crippen molar-refractivity contribution in [1.29, 1.82) is 0 Å². The molecule has 0 spiro atoms. The second kappa shape index (κ2) is 5.58. The third-order valence-electron chi connectivity index (χ3n) is 4.49. The summed E-state index contributed by atoms with van der Waals surface area (Å²) in [5.74, 6) is -0.732. The molecule has 1 aromatic rings. The number of hydrogen-bond donors (Lipinski definition) is 1. The van der Waals surface area contributed by atoms with Gasteiger partial charge < -0.3 is 5.11 Å². The van der Waals surface area contributed by atoms with Gasteiger partial charge in [-0.2, -0.15) is 0 Å². The normalized spacial score (nSPS) is 24.2. The molecule has 0 heterocycles. The molecule has 1 aliphatic rings. The maximum Gasteiger partial charge on any atom is 0.126 e. The number of aliphatic hydroxyl groups excluding tert-OH is 1. The van der Waals surface area contributed by atoms with Crippen molar-refractivity contribution in [3.05, 3.63) is 35.4 Å². The van der Waals surface area contributed by atoms with Crippen LogP contribution in [-0.2, 0) is 6.42 Å². The fraction of sp³-hybridized carbons (Fsp3) is 0.625. The van der Waals surface area contributed by atoms with Crippen molar-refractivity contribution in [3.63, 3.8) is 0 Å². The summed E-state index contributed by atoms with van der Waals surface area (Å²) in [6.07, 6.45) is 3.93. The van der Waals surface area contributed by atoms with Gasteiger partial charge in [0.05, 0.1) is 6.10 Å². The Morgan fingerprint density at radius 2 is 2.05 bits per heavy atom. The molecule has 0 bridgehead atoms. The van der Waals surface area contributed by atoms with Crippen LogP contribution in [0, 0.1) is 23.0 Å². The van der Waals surface area contributed by atoms with E-state index in [1.54, 1.807) is 0 Å². The van der Waals surface area contributed by atoms with Crippen molar-refractivity contribution < 1.29 is 13.9 Å². The fourth-order valence-corrected chi connectivity index (χ4v) is 3.30. The maximum atomic E-state index is 13.6. The summed E-state index contributed by atoms with van der Waals surface area (Å²) in [7, 11) is 0. The summed E-state index contributed by atoms with van der Waals surface area (Å²) in [6, 6.07) is 3.42. The van der Waals surface area contributed by atoms with Gasteiger partial charge in [-0.15, -0.1) is 0 Å². The monoisotopic (exact) mass is 268 g/mol. The molecule has 0 saturated heterocycles. The van der Waals surface area contributed by atoms with Crippen LogP contribution in [0.2, 0.25) is 0 Å². The Labute approximate surface area is 113 Å². The van der Waals surface area contributed by atoms with E-state index in [9.17, 15) is 13.9 Å². The Hall–Kier alpha value is -0.960. The van der Waals surface area contributed by atoms with Gasteiger partial charge in [-0.25, -0.2) is 8.78 Å². The van der Waals surface area contributed by atoms with Crippen molar-refractivity contribution in [2.45, 2.75) is 52.1 Å². The van der Waals surface area contributed by atoms with Crippen LogP contribution in [0.1, 0.15) is 45.1 Å². The number of rotatable bonds is 3. The Morgan fingerprint density at radius 1 is 1.32 bits per heavy atom. The van der Waals surface area contributed by atoms with Crippen LogP contribution in [-0.4, -0.2) is 11.2 Å². The average molecular weight is 268 g/mol. The van der Waals surface area contributed by atoms with Gasteiger partial charge in [-0.1, -0.05) is 26.7 Å². The molecule has 0 radical (unpaired) electrons. The lowest BCUT2D eigenvalue weighted by atomic mass is 9.66. The van der Waals surface area contributed by atoms with E-state index in [1.165, 1.54) is 12.5 Å². The molecule has 2 unspecified atom stereocenters. The second-order valence-corrected chi connectivity index (χ2v) is 6.35. The molecule has 0 aliphatic heterocycles. The highest BCUT2D eigenvalue weighted by atomic mass is 19.1. The highest BCUT2D eigenvalue weighted by Crippen LogP contribution is 2.43. The maximum absolute atomic E-state index is 13.6. The molecule has 1 aromatic carbocycles. The van der Waals surface area contributed by atoms with Crippen LogP contribution in [0.4, 0.5) is 8.78 Å². The van der Waals surface area contributed by atoms with Gasteiger partial charge in [0.1, 0.15) is 11.6 Å². The molecule has 3 heteroatoms. The molecule has 1 N–H and O–H groups in total.